The van der Waals surface area contributed by atoms with Gasteiger partial charge in [0.2, 0.25) is 0 Å². The van der Waals surface area contributed by atoms with Crippen LogP contribution in [0.1, 0.15) is 39.2 Å². The van der Waals surface area contributed by atoms with Crippen LogP contribution in [-0.2, 0) is 16.2 Å². The third-order valence-corrected chi connectivity index (χ3v) is 5.24. The monoisotopic (exact) mass is 366 g/mol. The lowest BCUT2D eigenvalue weighted by atomic mass is 9.94. The van der Waals surface area contributed by atoms with E-state index in [0.717, 1.165) is 30.0 Å². The van der Waals surface area contributed by atoms with Crippen molar-refractivity contribution in [1.29, 1.82) is 0 Å². The van der Waals surface area contributed by atoms with Gasteiger partial charge in [0.05, 0.1) is 5.60 Å². The van der Waals surface area contributed by atoms with Crippen LogP contribution in [0.25, 0.3) is 0 Å². The highest BCUT2D eigenvalue weighted by Crippen LogP contribution is 2.43. The van der Waals surface area contributed by atoms with Gasteiger partial charge in [0.1, 0.15) is 6.04 Å². The number of fused-ring (bicyclic) bond motifs is 1. The summed E-state index contributed by atoms with van der Waals surface area (Å²) in [5, 5.41) is 15.7. The Morgan fingerprint density at radius 2 is 2.16 bits per heavy atom. The summed E-state index contributed by atoms with van der Waals surface area (Å²) >= 11 is 6.03. The molecule has 4 atom stereocenters. The fourth-order valence-corrected chi connectivity index (χ4v) is 4.35. The Balaban J connectivity index is 1.59. The van der Waals surface area contributed by atoms with Gasteiger partial charge in [-0.3, -0.25) is 9.63 Å². The SMILES string of the molecule is CC(C)(C)ON1CC2CC(NCc3cccc(Cl)c3)CC2C1C(=O)O. The van der Waals surface area contributed by atoms with Crippen molar-refractivity contribution >= 4 is 17.6 Å². The van der Waals surface area contributed by atoms with Crippen LogP contribution in [0.5, 0.6) is 0 Å². The van der Waals surface area contributed by atoms with Gasteiger partial charge in [-0.1, -0.05) is 23.7 Å². The van der Waals surface area contributed by atoms with E-state index in [0.29, 0.717) is 18.5 Å². The van der Waals surface area contributed by atoms with Crippen LogP contribution < -0.4 is 5.32 Å². The van der Waals surface area contributed by atoms with Gasteiger partial charge in [0.15, 0.2) is 0 Å². The summed E-state index contributed by atoms with van der Waals surface area (Å²) in [5.41, 5.74) is 0.772. The fourth-order valence-electron chi connectivity index (χ4n) is 4.14. The third-order valence-electron chi connectivity index (χ3n) is 5.01. The molecular formula is C19H27ClN2O3. The van der Waals surface area contributed by atoms with Crippen molar-refractivity contribution in [1.82, 2.24) is 10.4 Å². The van der Waals surface area contributed by atoms with Gasteiger partial charge in [-0.05, 0) is 63.1 Å². The zero-order chi connectivity index (χ0) is 18.2. The summed E-state index contributed by atoms with van der Waals surface area (Å²) in [6.07, 6.45) is 1.85. The van der Waals surface area contributed by atoms with Crippen LogP contribution in [0.15, 0.2) is 24.3 Å². The molecule has 0 bridgehead atoms. The Bertz CT molecular complexity index is 631. The van der Waals surface area contributed by atoms with E-state index in [2.05, 4.69) is 5.32 Å². The molecule has 0 radical (unpaired) electrons. The van der Waals surface area contributed by atoms with Crippen molar-refractivity contribution in [2.45, 2.75) is 57.8 Å². The van der Waals surface area contributed by atoms with Crippen molar-refractivity contribution in [2.24, 2.45) is 11.8 Å². The molecular weight excluding hydrogens is 340 g/mol. The number of carboxylic acids is 1. The number of halogens is 1. The van der Waals surface area contributed by atoms with E-state index in [1.165, 1.54) is 0 Å². The van der Waals surface area contributed by atoms with Crippen molar-refractivity contribution in [3.63, 3.8) is 0 Å². The Kier molecular flexibility index (Phi) is 5.40. The summed E-state index contributed by atoms with van der Waals surface area (Å²) in [6.45, 7) is 7.30. The smallest absolute Gasteiger partial charge is 0.323 e. The number of nitrogens with zero attached hydrogens (tertiary/aromatic N) is 1. The lowest BCUT2D eigenvalue weighted by Crippen LogP contribution is -2.44. The highest BCUT2D eigenvalue weighted by Gasteiger charge is 2.52. The quantitative estimate of drug-likeness (QED) is 0.837. The topological polar surface area (TPSA) is 61.8 Å². The molecule has 25 heavy (non-hydrogen) atoms. The Morgan fingerprint density at radius 3 is 2.80 bits per heavy atom. The van der Waals surface area contributed by atoms with Crippen molar-refractivity contribution in [2.75, 3.05) is 6.54 Å². The average molecular weight is 367 g/mol. The first-order valence-corrected chi connectivity index (χ1v) is 9.27. The van der Waals surface area contributed by atoms with Crippen LogP contribution in [0.2, 0.25) is 5.02 Å². The maximum Gasteiger partial charge on any atom is 0.323 e. The Labute approximate surface area is 154 Å². The van der Waals surface area contributed by atoms with Crippen molar-refractivity contribution in [3.05, 3.63) is 34.9 Å². The minimum absolute atomic E-state index is 0.136. The number of hydrogen-bond acceptors (Lipinski definition) is 4. The molecule has 1 heterocycles. The lowest BCUT2D eigenvalue weighted by molar-refractivity contribution is -0.242. The fraction of sp³-hybridized carbons (Fsp3) is 0.632. The van der Waals surface area contributed by atoms with Crippen LogP contribution >= 0.6 is 11.6 Å². The maximum atomic E-state index is 11.8. The molecule has 5 nitrogen and oxygen atoms in total. The summed E-state index contributed by atoms with van der Waals surface area (Å²) < 4.78 is 0. The minimum atomic E-state index is -0.785. The van der Waals surface area contributed by atoms with Gasteiger partial charge < -0.3 is 10.4 Å². The van der Waals surface area contributed by atoms with E-state index in [1.54, 1.807) is 5.06 Å². The molecule has 2 N–H and O–H groups in total. The summed E-state index contributed by atoms with van der Waals surface area (Å²) in [5.74, 6) is -0.288. The molecule has 0 aromatic heterocycles. The molecule has 1 aromatic carbocycles. The van der Waals surface area contributed by atoms with Gasteiger partial charge >= 0.3 is 5.97 Å². The molecule has 3 rings (SSSR count). The normalized spacial score (nSPS) is 29.8. The second-order valence-electron chi connectivity index (χ2n) is 8.19. The molecule has 1 aliphatic carbocycles. The number of hydroxylamine groups is 2. The number of aliphatic carboxylic acids is 1. The molecule has 2 fully saturated rings. The number of hydrogen-bond donors (Lipinski definition) is 2. The average Bonchev–Trinajstić information content (AvgIpc) is 2.99. The highest BCUT2D eigenvalue weighted by molar-refractivity contribution is 6.30. The van der Waals surface area contributed by atoms with Crippen molar-refractivity contribution in [3.8, 4) is 0 Å². The summed E-state index contributed by atoms with van der Waals surface area (Å²) in [6, 6.07) is 7.61. The molecule has 6 heteroatoms. The number of carbonyl (C=O) groups is 1. The number of benzene rings is 1. The second-order valence-corrected chi connectivity index (χ2v) is 8.63. The third kappa shape index (κ3) is 4.53. The molecule has 138 valence electrons. The number of rotatable bonds is 5. The van der Waals surface area contributed by atoms with E-state index in [4.69, 9.17) is 16.4 Å². The van der Waals surface area contributed by atoms with Crippen LogP contribution in [0, 0.1) is 11.8 Å². The molecule has 0 amide bonds. The zero-order valence-electron chi connectivity index (χ0n) is 15.0. The standard InChI is InChI=1S/C19H27ClN2O3/c1-19(2,3)25-22-11-13-8-15(9-16(13)17(22)18(23)24)21-10-12-5-4-6-14(20)7-12/h4-7,13,15-17,21H,8-11H2,1-3H3,(H,23,24). The molecule has 1 aliphatic heterocycles. The van der Waals surface area contributed by atoms with E-state index < -0.39 is 12.0 Å². The first-order chi connectivity index (χ1) is 11.7. The van der Waals surface area contributed by atoms with Crippen LogP contribution in [0.3, 0.4) is 0 Å². The first-order valence-electron chi connectivity index (χ1n) is 8.89. The van der Waals surface area contributed by atoms with Gasteiger partial charge in [0, 0.05) is 24.2 Å². The van der Waals surface area contributed by atoms with Crippen LogP contribution in [-0.4, -0.2) is 40.4 Å². The Hall–Kier alpha value is -1.14. The molecule has 4 unspecified atom stereocenters. The first kappa shape index (κ1) is 18.6. The number of nitrogens with one attached hydrogen (secondary N) is 1. The lowest BCUT2D eigenvalue weighted by Gasteiger charge is -2.31. The van der Waals surface area contributed by atoms with Gasteiger partial charge in [0.25, 0.3) is 0 Å². The Morgan fingerprint density at radius 1 is 1.40 bits per heavy atom. The highest BCUT2D eigenvalue weighted by atomic mass is 35.5. The van der Waals surface area contributed by atoms with E-state index >= 15 is 0 Å². The van der Waals surface area contributed by atoms with Gasteiger partial charge in [-0.2, -0.15) is 5.06 Å². The largest absolute Gasteiger partial charge is 0.480 e. The van der Waals surface area contributed by atoms with E-state index in [9.17, 15) is 9.90 Å². The zero-order valence-corrected chi connectivity index (χ0v) is 15.8. The van der Waals surface area contributed by atoms with E-state index in [-0.39, 0.29) is 11.5 Å². The summed E-state index contributed by atoms with van der Waals surface area (Å²) in [7, 11) is 0. The van der Waals surface area contributed by atoms with Crippen molar-refractivity contribution < 1.29 is 14.7 Å². The van der Waals surface area contributed by atoms with E-state index in [1.807, 2.05) is 45.0 Å². The van der Waals surface area contributed by atoms with Gasteiger partial charge in [-0.25, -0.2) is 0 Å². The predicted octanol–water partition coefficient (Wildman–Crippen LogP) is 3.32. The molecule has 2 aliphatic rings. The van der Waals surface area contributed by atoms with Crippen LogP contribution in [0.4, 0.5) is 0 Å². The van der Waals surface area contributed by atoms with Gasteiger partial charge in [-0.15, -0.1) is 0 Å². The maximum absolute atomic E-state index is 11.8. The molecule has 1 saturated carbocycles. The molecule has 1 saturated heterocycles. The predicted molar refractivity (Wildman–Crippen MR) is 97.3 cm³/mol. The minimum Gasteiger partial charge on any atom is -0.480 e. The second kappa shape index (κ2) is 7.23. The summed E-state index contributed by atoms with van der Waals surface area (Å²) in [4.78, 5) is 17.7. The molecule has 1 aromatic rings. The number of carboxylic acid groups (broad SMARTS) is 1. The molecule has 0 spiro atoms.